The van der Waals surface area contributed by atoms with E-state index >= 15 is 0 Å². The van der Waals surface area contributed by atoms with Gasteiger partial charge in [-0.15, -0.1) is 0 Å². The molecule has 0 fully saturated rings. The quantitative estimate of drug-likeness (QED) is 0.747. The first-order valence-corrected chi connectivity index (χ1v) is 7.98. The van der Waals surface area contributed by atoms with Crippen LogP contribution < -0.4 is 5.32 Å². The van der Waals surface area contributed by atoms with Gasteiger partial charge in [0, 0.05) is 17.7 Å². The molecule has 3 aromatic carbocycles. The minimum Gasteiger partial charge on any atom is -0.348 e. The maximum atomic E-state index is 14.4. The number of benzene rings is 3. The van der Waals surface area contributed by atoms with Crippen LogP contribution in [0.25, 0.3) is 22.3 Å². The lowest BCUT2D eigenvalue weighted by atomic mass is 9.90. The van der Waals surface area contributed by atoms with E-state index in [0.29, 0.717) is 34.4 Å². The lowest BCUT2D eigenvalue weighted by molar-refractivity contribution is 0.0966. The summed E-state index contributed by atoms with van der Waals surface area (Å²) in [6.45, 7) is 0.380. The molecule has 0 saturated heterocycles. The van der Waals surface area contributed by atoms with Gasteiger partial charge in [0.05, 0.1) is 11.6 Å². The average molecular weight is 346 g/mol. The molecule has 0 unspecified atom stereocenters. The number of amides is 1. The Labute approximate surface area is 148 Å². The van der Waals surface area contributed by atoms with Gasteiger partial charge in [0.2, 0.25) is 0 Å². The summed E-state index contributed by atoms with van der Waals surface area (Å²) in [7, 11) is 0. The van der Waals surface area contributed by atoms with Crippen LogP contribution in [0.15, 0.2) is 54.6 Å². The van der Waals surface area contributed by atoms with E-state index < -0.39 is 11.6 Å². The topological polar surface area (TPSA) is 52.9 Å². The molecule has 1 N–H and O–H groups in total. The number of carbonyl (C=O) groups is 1. The normalized spacial score (nSPS) is 12.4. The molecule has 0 bridgehead atoms. The zero-order valence-corrected chi connectivity index (χ0v) is 13.5. The molecular formula is C21H12F2N2O. The molecule has 0 atom stereocenters. The molecule has 1 heterocycles. The zero-order chi connectivity index (χ0) is 18.3. The summed E-state index contributed by atoms with van der Waals surface area (Å²) < 4.78 is 28.2. The number of nitrogens with one attached hydrogen (secondary N) is 1. The highest BCUT2D eigenvalue weighted by atomic mass is 19.1. The van der Waals surface area contributed by atoms with Crippen LogP contribution in [0.2, 0.25) is 0 Å². The van der Waals surface area contributed by atoms with Gasteiger partial charge in [-0.2, -0.15) is 5.26 Å². The number of carbonyl (C=O) groups excluding carboxylic acids is 1. The fourth-order valence-electron chi connectivity index (χ4n) is 3.19. The molecule has 26 heavy (non-hydrogen) atoms. The maximum absolute atomic E-state index is 14.4. The number of hydrogen-bond donors (Lipinski definition) is 1. The van der Waals surface area contributed by atoms with Gasteiger partial charge < -0.3 is 5.32 Å². The van der Waals surface area contributed by atoms with Crippen molar-refractivity contribution >= 4 is 5.91 Å². The zero-order valence-electron chi connectivity index (χ0n) is 13.5. The molecule has 0 aromatic heterocycles. The van der Waals surface area contributed by atoms with Gasteiger partial charge in [0.15, 0.2) is 0 Å². The van der Waals surface area contributed by atoms with E-state index in [2.05, 4.69) is 11.4 Å². The molecule has 4 rings (SSSR count). The Kier molecular flexibility index (Phi) is 3.74. The Balaban J connectivity index is 2.03. The van der Waals surface area contributed by atoms with E-state index in [1.807, 2.05) is 0 Å². The van der Waals surface area contributed by atoms with E-state index in [4.69, 9.17) is 5.26 Å². The fourth-order valence-corrected chi connectivity index (χ4v) is 3.19. The summed E-state index contributed by atoms with van der Waals surface area (Å²) >= 11 is 0. The van der Waals surface area contributed by atoms with Crippen molar-refractivity contribution in [1.29, 1.82) is 5.26 Å². The molecule has 0 aliphatic carbocycles. The molecule has 0 spiro atoms. The third-order valence-electron chi connectivity index (χ3n) is 4.45. The van der Waals surface area contributed by atoms with Crippen molar-refractivity contribution in [3.63, 3.8) is 0 Å². The number of fused-ring (bicyclic) bond motifs is 1. The maximum Gasteiger partial charge on any atom is 0.251 e. The van der Waals surface area contributed by atoms with Crippen LogP contribution in [-0.4, -0.2) is 5.91 Å². The van der Waals surface area contributed by atoms with Gasteiger partial charge in [-0.3, -0.25) is 4.79 Å². The Morgan fingerprint density at radius 2 is 1.77 bits per heavy atom. The lowest BCUT2D eigenvalue weighted by Gasteiger charge is -2.14. The summed E-state index contributed by atoms with van der Waals surface area (Å²) in [5, 5.41) is 11.9. The third-order valence-corrected chi connectivity index (χ3v) is 4.45. The number of halogens is 2. The van der Waals surface area contributed by atoms with E-state index in [0.717, 1.165) is 23.8 Å². The van der Waals surface area contributed by atoms with Gasteiger partial charge in [0.25, 0.3) is 5.91 Å². The van der Waals surface area contributed by atoms with Gasteiger partial charge in [-0.05, 0) is 64.7 Å². The standard InChI is InChI=1S/C21H12F2N2O/c22-15-4-5-20(23)19(8-15)18-9-17-14(11-25-21(17)26)7-16(18)13-3-1-2-12(6-13)10-24/h1-9H,11H2,(H,25,26). The Bertz CT molecular complexity index is 1100. The first-order valence-electron chi connectivity index (χ1n) is 7.98. The van der Waals surface area contributed by atoms with E-state index in [9.17, 15) is 13.6 Å². The van der Waals surface area contributed by atoms with Gasteiger partial charge in [-0.25, -0.2) is 8.78 Å². The van der Waals surface area contributed by atoms with E-state index in [1.165, 1.54) is 0 Å². The average Bonchev–Trinajstić information content (AvgIpc) is 3.03. The van der Waals surface area contributed by atoms with Crippen molar-refractivity contribution in [2.45, 2.75) is 6.54 Å². The molecule has 3 nitrogen and oxygen atoms in total. The van der Waals surface area contributed by atoms with Crippen molar-refractivity contribution in [2.24, 2.45) is 0 Å². The highest BCUT2D eigenvalue weighted by molar-refractivity contribution is 6.01. The molecule has 0 saturated carbocycles. The third kappa shape index (κ3) is 2.62. The summed E-state index contributed by atoms with van der Waals surface area (Å²) in [5.41, 5.74) is 3.52. The number of nitriles is 1. The van der Waals surface area contributed by atoms with Crippen molar-refractivity contribution < 1.29 is 13.6 Å². The van der Waals surface area contributed by atoms with Gasteiger partial charge in [-0.1, -0.05) is 12.1 Å². The number of hydrogen-bond acceptors (Lipinski definition) is 2. The summed E-state index contributed by atoms with van der Waals surface area (Å²) in [6, 6.07) is 15.6. The van der Waals surface area contributed by atoms with Crippen LogP contribution in [0.1, 0.15) is 21.5 Å². The SMILES string of the molecule is N#Cc1cccc(-c2cc3c(cc2-c2cc(F)ccc2F)C(=O)NC3)c1. The first kappa shape index (κ1) is 16.0. The second kappa shape index (κ2) is 6.08. The highest BCUT2D eigenvalue weighted by Gasteiger charge is 2.23. The minimum absolute atomic E-state index is 0.0739. The van der Waals surface area contributed by atoms with Crippen LogP contribution in [-0.2, 0) is 6.54 Å². The Morgan fingerprint density at radius 1 is 0.923 bits per heavy atom. The summed E-state index contributed by atoms with van der Waals surface area (Å²) in [4.78, 5) is 12.0. The van der Waals surface area contributed by atoms with Crippen molar-refractivity contribution in [3.05, 3.63) is 82.9 Å². The van der Waals surface area contributed by atoms with E-state index in [-0.39, 0.29) is 11.5 Å². The molecule has 1 aliphatic rings. The smallest absolute Gasteiger partial charge is 0.251 e. The number of nitrogens with zero attached hydrogens (tertiary/aromatic N) is 1. The van der Waals surface area contributed by atoms with Crippen LogP contribution in [0.4, 0.5) is 8.78 Å². The first-order chi connectivity index (χ1) is 12.6. The van der Waals surface area contributed by atoms with Gasteiger partial charge in [0.1, 0.15) is 11.6 Å². The fraction of sp³-hybridized carbons (Fsp3) is 0.0476. The van der Waals surface area contributed by atoms with Crippen LogP contribution in [0, 0.1) is 23.0 Å². The minimum atomic E-state index is -0.581. The second-order valence-corrected chi connectivity index (χ2v) is 6.05. The number of rotatable bonds is 2. The molecule has 126 valence electrons. The predicted octanol–water partition coefficient (Wildman–Crippen LogP) is 4.41. The van der Waals surface area contributed by atoms with Crippen molar-refractivity contribution in [2.75, 3.05) is 0 Å². The highest BCUT2D eigenvalue weighted by Crippen LogP contribution is 2.37. The molecule has 3 aromatic rings. The lowest BCUT2D eigenvalue weighted by Crippen LogP contribution is -2.12. The monoisotopic (exact) mass is 346 g/mol. The van der Waals surface area contributed by atoms with E-state index in [1.54, 1.807) is 36.4 Å². The summed E-state index contributed by atoms with van der Waals surface area (Å²) in [5.74, 6) is -1.39. The Hall–Kier alpha value is -3.52. The van der Waals surface area contributed by atoms with Gasteiger partial charge >= 0.3 is 0 Å². The van der Waals surface area contributed by atoms with Crippen LogP contribution in [0.5, 0.6) is 0 Å². The molecule has 0 radical (unpaired) electrons. The predicted molar refractivity (Wildman–Crippen MR) is 93.1 cm³/mol. The molecule has 1 amide bonds. The largest absolute Gasteiger partial charge is 0.348 e. The van der Waals surface area contributed by atoms with Crippen LogP contribution >= 0.6 is 0 Å². The summed E-state index contributed by atoms with van der Waals surface area (Å²) in [6.07, 6.45) is 0. The van der Waals surface area contributed by atoms with Crippen molar-refractivity contribution in [1.82, 2.24) is 5.32 Å². The van der Waals surface area contributed by atoms with Crippen LogP contribution in [0.3, 0.4) is 0 Å². The Morgan fingerprint density at radius 3 is 2.58 bits per heavy atom. The van der Waals surface area contributed by atoms with Crippen molar-refractivity contribution in [3.8, 4) is 28.3 Å². The molecule has 5 heteroatoms. The second-order valence-electron chi connectivity index (χ2n) is 6.05. The molecule has 1 aliphatic heterocycles. The molecular weight excluding hydrogens is 334 g/mol.